The topological polar surface area (TPSA) is 73.0 Å². The van der Waals surface area contributed by atoms with E-state index >= 15 is 0 Å². The van der Waals surface area contributed by atoms with Crippen molar-refractivity contribution >= 4 is 17.3 Å². The van der Waals surface area contributed by atoms with Gasteiger partial charge in [0, 0.05) is 32.1 Å². The maximum atomic E-state index is 10.8. The largest absolute Gasteiger partial charge is 0.337 e. The maximum absolute atomic E-state index is 10.8. The summed E-state index contributed by atoms with van der Waals surface area (Å²) in [4.78, 5) is 14.5. The number of aromatic nitrogens is 2. The van der Waals surface area contributed by atoms with E-state index in [1.165, 1.54) is 12.1 Å². The number of nitro benzene ring substituents is 1. The Kier molecular flexibility index (Phi) is 4.13. The highest BCUT2D eigenvalue weighted by molar-refractivity contribution is 6.32. The molecular weight excluding hydrogens is 268 g/mol. The Bertz CT molecular complexity index is 597. The zero-order chi connectivity index (χ0) is 13.8. The Hall–Kier alpha value is -1.92. The third-order valence-corrected chi connectivity index (χ3v) is 3.06. The van der Waals surface area contributed by atoms with Crippen LogP contribution in [0.25, 0.3) is 0 Å². The van der Waals surface area contributed by atoms with E-state index in [0.29, 0.717) is 13.1 Å². The molecule has 0 saturated carbocycles. The first kappa shape index (κ1) is 13.5. The van der Waals surface area contributed by atoms with Crippen molar-refractivity contribution in [3.8, 4) is 0 Å². The molecule has 1 heterocycles. The highest BCUT2D eigenvalue weighted by atomic mass is 35.5. The van der Waals surface area contributed by atoms with E-state index in [1.807, 2.05) is 17.8 Å². The van der Waals surface area contributed by atoms with Gasteiger partial charge >= 0.3 is 0 Å². The van der Waals surface area contributed by atoms with Crippen LogP contribution in [0.4, 0.5) is 5.69 Å². The predicted octanol–water partition coefficient (Wildman–Crippen LogP) is 2.27. The van der Waals surface area contributed by atoms with Crippen molar-refractivity contribution in [2.24, 2.45) is 7.05 Å². The summed E-state index contributed by atoms with van der Waals surface area (Å²) in [6.07, 6.45) is 3.59. The number of hydrogen-bond donors (Lipinski definition) is 1. The van der Waals surface area contributed by atoms with Gasteiger partial charge in [-0.3, -0.25) is 10.1 Å². The van der Waals surface area contributed by atoms with Gasteiger partial charge in [-0.15, -0.1) is 0 Å². The molecule has 0 amide bonds. The fraction of sp³-hybridized carbons (Fsp3) is 0.250. The first-order valence-corrected chi connectivity index (χ1v) is 6.05. The molecular formula is C12H13ClN4O2. The molecule has 19 heavy (non-hydrogen) atoms. The van der Waals surface area contributed by atoms with Crippen LogP contribution in [0.3, 0.4) is 0 Å². The van der Waals surface area contributed by atoms with Crippen molar-refractivity contribution < 1.29 is 4.92 Å². The molecule has 0 fully saturated rings. The van der Waals surface area contributed by atoms with Crippen molar-refractivity contribution in [1.82, 2.24) is 14.9 Å². The molecule has 7 heteroatoms. The molecule has 0 spiro atoms. The molecule has 0 radical (unpaired) electrons. The highest BCUT2D eigenvalue weighted by Gasteiger charge is 2.12. The van der Waals surface area contributed by atoms with Crippen molar-refractivity contribution in [1.29, 1.82) is 0 Å². The monoisotopic (exact) mass is 280 g/mol. The molecule has 100 valence electrons. The van der Waals surface area contributed by atoms with Crippen molar-refractivity contribution in [2.45, 2.75) is 13.1 Å². The average molecular weight is 281 g/mol. The van der Waals surface area contributed by atoms with E-state index in [2.05, 4.69) is 10.3 Å². The van der Waals surface area contributed by atoms with Gasteiger partial charge in [-0.2, -0.15) is 0 Å². The molecule has 0 atom stereocenters. The molecule has 2 rings (SSSR count). The molecule has 0 unspecified atom stereocenters. The van der Waals surface area contributed by atoms with Crippen LogP contribution in [0.2, 0.25) is 5.02 Å². The standard InChI is InChI=1S/C12H13ClN4O2/c1-16-5-4-15-12(16)8-14-7-9-2-3-10(13)11(6-9)17(18)19/h2-6,14H,7-8H2,1H3. The fourth-order valence-electron chi connectivity index (χ4n) is 1.69. The Morgan fingerprint density at radius 3 is 2.89 bits per heavy atom. The molecule has 1 N–H and O–H groups in total. The van der Waals surface area contributed by atoms with Gasteiger partial charge in [0.1, 0.15) is 10.8 Å². The molecule has 1 aromatic heterocycles. The summed E-state index contributed by atoms with van der Waals surface area (Å²) in [6, 6.07) is 4.78. The van der Waals surface area contributed by atoms with Gasteiger partial charge in [-0.05, 0) is 11.6 Å². The lowest BCUT2D eigenvalue weighted by atomic mass is 10.2. The summed E-state index contributed by atoms with van der Waals surface area (Å²) in [5.41, 5.74) is 0.739. The first-order valence-electron chi connectivity index (χ1n) is 5.67. The van der Waals surface area contributed by atoms with Gasteiger partial charge in [-0.25, -0.2) is 4.98 Å². The van der Waals surface area contributed by atoms with Crippen LogP contribution in [0, 0.1) is 10.1 Å². The van der Waals surface area contributed by atoms with Crippen LogP contribution < -0.4 is 5.32 Å². The molecule has 1 aromatic carbocycles. The Morgan fingerprint density at radius 1 is 1.47 bits per heavy atom. The number of hydrogen-bond acceptors (Lipinski definition) is 4. The Morgan fingerprint density at radius 2 is 2.26 bits per heavy atom. The van der Waals surface area contributed by atoms with Gasteiger partial charge in [-0.1, -0.05) is 17.7 Å². The molecule has 0 aliphatic carbocycles. The van der Waals surface area contributed by atoms with Crippen LogP contribution in [0.1, 0.15) is 11.4 Å². The SMILES string of the molecule is Cn1ccnc1CNCc1ccc(Cl)c([N+](=O)[O-])c1. The fourth-order valence-corrected chi connectivity index (χ4v) is 1.88. The second-order valence-electron chi connectivity index (χ2n) is 4.10. The average Bonchev–Trinajstić information content (AvgIpc) is 2.77. The smallest absolute Gasteiger partial charge is 0.288 e. The van der Waals surface area contributed by atoms with E-state index < -0.39 is 4.92 Å². The van der Waals surface area contributed by atoms with Crippen molar-refractivity contribution in [3.05, 3.63) is 57.1 Å². The molecule has 0 aliphatic heterocycles. The summed E-state index contributed by atoms with van der Waals surface area (Å²) in [5.74, 6) is 0.906. The Labute approximate surface area is 115 Å². The number of aryl methyl sites for hydroxylation is 1. The van der Waals surface area contributed by atoms with E-state index in [-0.39, 0.29) is 10.7 Å². The summed E-state index contributed by atoms with van der Waals surface area (Å²) < 4.78 is 1.91. The van der Waals surface area contributed by atoms with Gasteiger partial charge in [0.05, 0.1) is 11.5 Å². The summed E-state index contributed by atoms with van der Waals surface area (Å²) in [5, 5.41) is 14.1. The zero-order valence-electron chi connectivity index (χ0n) is 10.3. The molecule has 0 aliphatic rings. The number of halogens is 1. The van der Waals surface area contributed by atoms with E-state index in [9.17, 15) is 10.1 Å². The number of benzene rings is 1. The summed E-state index contributed by atoms with van der Waals surface area (Å²) >= 11 is 5.75. The maximum Gasteiger partial charge on any atom is 0.288 e. The van der Waals surface area contributed by atoms with E-state index in [1.54, 1.807) is 12.3 Å². The third kappa shape index (κ3) is 3.30. The second-order valence-corrected chi connectivity index (χ2v) is 4.51. The minimum Gasteiger partial charge on any atom is -0.337 e. The third-order valence-electron chi connectivity index (χ3n) is 2.74. The van der Waals surface area contributed by atoms with Crippen molar-refractivity contribution in [2.75, 3.05) is 0 Å². The lowest BCUT2D eigenvalue weighted by Gasteiger charge is -2.05. The van der Waals surface area contributed by atoms with Crippen LogP contribution in [0.15, 0.2) is 30.6 Å². The molecule has 0 bridgehead atoms. The van der Waals surface area contributed by atoms with E-state index in [4.69, 9.17) is 11.6 Å². The minimum absolute atomic E-state index is 0.0713. The lowest BCUT2D eigenvalue weighted by molar-refractivity contribution is -0.384. The van der Waals surface area contributed by atoms with Gasteiger partial charge in [0.2, 0.25) is 0 Å². The minimum atomic E-state index is -0.482. The molecule has 0 saturated heterocycles. The number of nitrogens with one attached hydrogen (secondary N) is 1. The predicted molar refractivity (Wildman–Crippen MR) is 71.9 cm³/mol. The Balaban J connectivity index is 1.98. The van der Waals surface area contributed by atoms with Gasteiger partial charge in [0.25, 0.3) is 5.69 Å². The molecule has 6 nitrogen and oxygen atoms in total. The molecule has 2 aromatic rings. The summed E-state index contributed by atoms with van der Waals surface area (Å²) in [6.45, 7) is 1.12. The van der Waals surface area contributed by atoms with Crippen LogP contribution in [-0.4, -0.2) is 14.5 Å². The van der Waals surface area contributed by atoms with Crippen LogP contribution >= 0.6 is 11.6 Å². The number of rotatable bonds is 5. The quantitative estimate of drug-likeness (QED) is 0.673. The first-order chi connectivity index (χ1) is 9.08. The van der Waals surface area contributed by atoms with Gasteiger partial charge < -0.3 is 9.88 Å². The van der Waals surface area contributed by atoms with Crippen molar-refractivity contribution in [3.63, 3.8) is 0 Å². The summed E-state index contributed by atoms with van der Waals surface area (Å²) in [7, 11) is 1.91. The number of imidazole rings is 1. The van der Waals surface area contributed by atoms with Crippen LogP contribution in [0.5, 0.6) is 0 Å². The normalized spacial score (nSPS) is 10.6. The highest BCUT2D eigenvalue weighted by Crippen LogP contribution is 2.24. The lowest BCUT2D eigenvalue weighted by Crippen LogP contribution is -2.15. The van der Waals surface area contributed by atoms with E-state index in [0.717, 1.165) is 11.4 Å². The van der Waals surface area contributed by atoms with Crippen LogP contribution in [-0.2, 0) is 20.1 Å². The second kappa shape index (κ2) is 5.81. The number of nitro groups is 1. The number of nitrogens with zero attached hydrogens (tertiary/aromatic N) is 3. The van der Waals surface area contributed by atoms with Gasteiger partial charge in [0.15, 0.2) is 0 Å². The zero-order valence-corrected chi connectivity index (χ0v) is 11.1.